The zero-order valence-corrected chi connectivity index (χ0v) is 11.7. The van der Waals surface area contributed by atoms with Gasteiger partial charge in [0.25, 0.3) is 0 Å². The zero-order chi connectivity index (χ0) is 13.8. The topological polar surface area (TPSA) is 24.9 Å². The summed E-state index contributed by atoms with van der Waals surface area (Å²) in [5.41, 5.74) is 0. The van der Waals surface area contributed by atoms with Crippen LogP contribution in [0.5, 0.6) is 0 Å². The summed E-state index contributed by atoms with van der Waals surface area (Å²) in [6.07, 6.45) is -1.10. The molecule has 0 aliphatic carbocycles. The van der Waals surface area contributed by atoms with Gasteiger partial charge in [-0.15, -0.1) is 11.3 Å². The monoisotopic (exact) mass is 280 g/mol. The summed E-state index contributed by atoms with van der Waals surface area (Å²) in [6.45, 7) is 7.02. The lowest BCUT2D eigenvalue weighted by atomic mass is 10.0. The number of aromatic nitrogens is 1. The van der Waals surface area contributed by atoms with Crippen LogP contribution in [0.25, 0.3) is 0 Å². The molecular weight excluding hydrogens is 261 g/mol. The van der Waals surface area contributed by atoms with Crippen molar-refractivity contribution in [3.05, 3.63) is 16.1 Å². The summed E-state index contributed by atoms with van der Waals surface area (Å²) in [6, 6.07) is 0.302. The molecule has 2 atom stereocenters. The van der Waals surface area contributed by atoms with E-state index in [1.165, 1.54) is 6.20 Å². The largest absolute Gasteiger partial charge is 0.443 e. The highest BCUT2D eigenvalue weighted by Crippen LogP contribution is 2.35. The molecule has 18 heavy (non-hydrogen) atoms. The van der Waals surface area contributed by atoms with E-state index >= 15 is 0 Å². The van der Waals surface area contributed by atoms with E-state index in [2.05, 4.69) is 24.1 Å². The van der Waals surface area contributed by atoms with E-state index < -0.39 is 11.2 Å². The minimum Gasteiger partial charge on any atom is -0.314 e. The van der Waals surface area contributed by atoms with Gasteiger partial charge >= 0.3 is 6.18 Å². The fourth-order valence-electron chi connectivity index (χ4n) is 1.77. The lowest BCUT2D eigenvalue weighted by molar-refractivity contribution is -0.137. The average molecular weight is 280 g/mol. The molecule has 0 bridgehead atoms. The smallest absolute Gasteiger partial charge is 0.314 e. The minimum atomic E-state index is -4.32. The summed E-state index contributed by atoms with van der Waals surface area (Å²) in [7, 11) is 0. The van der Waals surface area contributed by atoms with Crippen LogP contribution in [-0.4, -0.2) is 17.6 Å². The fraction of sp³-hybridized carbons (Fsp3) is 0.750. The first kappa shape index (κ1) is 15.4. The van der Waals surface area contributed by atoms with Crippen molar-refractivity contribution in [2.24, 2.45) is 0 Å². The van der Waals surface area contributed by atoms with Gasteiger partial charge in [-0.05, 0) is 32.2 Å². The Labute approximate surface area is 110 Å². The van der Waals surface area contributed by atoms with Gasteiger partial charge in [-0.3, -0.25) is 0 Å². The third-order valence-electron chi connectivity index (χ3n) is 2.70. The molecule has 0 radical (unpaired) electrons. The van der Waals surface area contributed by atoms with E-state index in [9.17, 15) is 13.2 Å². The number of alkyl halides is 3. The molecule has 0 amide bonds. The van der Waals surface area contributed by atoms with E-state index in [1.54, 1.807) is 0 Å². The molecule has 0 fully saturated rings. The Morgan fingerprint density at radius 1 is 1.39 bits per heavy atom. The van der Waals surface area contributed by atoms with Crippen LogP contribution in [0.1, 0.15) is 49.4 Å². The molecule has 1 rings (SSSR count). The first-order valence-corrected chi connectivity index (χ1v) is 6.92. The standard InChI is InChI=1S/C12H19F3N2S/c1-4-5-16-9(3)6-8(2)10-7-17-11(18-10)12(13,14)15/h7-9,16H,4-6H2,1-3H3. The molecule has 104 valence electrons. The van der Waals surface area contributed by atoms with E-state index in [0.29, 0.717) is 10.9 Å². The molecule has 0 saturated carbocycles. The van der Waals surface area contributed by atoms with Crippen LogP contribution in [0.3, 0.4) is 0 Å². The second-order valence-electron chi connectivity index (χ2n) is 4.56. The van der Waals surface area contributed by atoms with Gasteiger partial charge in [-0.25, -0.2) is 4.98 Å². The number of thiazole rings is 1. The van der Waals surface area contributed by atoms with Gasteiger partial charge in [-0.2, -0.15) is 13.2 Å². The predicted molar refractivity (Wildman–Crippen MR) is 67.9 cm³/mol. The van der Waals surface area contributed by atoms with Gasteiger partial charge in [0.2, 0.25) is 0 Å². The van der Waals surface area contributed by atoms with Crippen LogP contribution in [0.15, 0.2) is 6.20 Å². The highest BCUT2D eigenvalue weighted by Gasteiger charge is 2.35. The van der Waals surface area contributed by atoms with Crippen molar-refractivity contribution in [3.63, 3.8) is 0 Å². The van der Waals surface area contributed by atoms with Crippen LogP contribution in [-0.2, 0) is 6.18 Å². The summed E-state index contributed by atoms with van der Waals surface area (Å²) >= 11 is 0.750. The van der Waals surface area contributed by atoms with Crippen LogP contribution < -0.4 is 5.32 Å². The number of nitrogens with zero attached hydrogens (tertiary/aromatic N) is 1. The second-order valence-corrected chi connectivity index (χ2v) is 5.62. The molecule has 0 aliphatic rings. The Balaban J connectivity index is 2.56. The molecule has 0 aromatic carbocycles. The number of halogens is 3. The van der Waals surface area contributed by atoms with E-state index in [0.717, 1.165) is 30.7 Å². The number of hydrogen-bond acceptors (Lipinski definition) is 3. The van der Waals surface area contributed by atoms with Crippen molar-refractivity contribution in [3.8, 4) is 0 Å². The third-order valence-corrected chi connectivity index (χ3v) is 3.98. The molecule has 1 N–H and O–H groups in total. The SMILES string of the molecule is CCCNC(C)CC(C)c1cnc(C(F)(F)F)s1. The summed E-state index contributed by atoms with van der Waals surface area (Å²) in [4.78, 5) is 4.15. The van der Waals surface area contributed by atoms with Gasteiger partial charge < -0.3 is 5.32 Å². The number of rotatable bonds is 6. The Kier molecular flexibility index (Phi) is 5.59. The maximum atomic E-state index is 12.4. The number of hydrogen-bond donors (Lipinski definition) is 1. The summed E-state index contributed by atoms with van der Waals surface area (Å²) in [5.74, 6) is 0.0953. The highest BCUT2D eigenvalue weighted by atomic mass is 32.1. The van der Waals surface area contributed by atoms with Gasteiger partial charge in [0.1, 0.15) is 0 Å². The Bertz CT molecular complexity index is 362. The molecule has 0 saturated heterocycles. The van der Waals surface area contributed by atoms with Crippen LogP contribution in [0.2, 0.25) is 0 Å². The Morgan fingerprint density at radius 2 is 2.06 bits per heavy atom. The van der Waals surface area contributed by atoms with Gasteiger partial charge in [0.15, 0.2) is 5.01 Å². The molecule has 1 aromatic rings. The summed E-state index contributed by atoms with van der Waals surface area (Å²) < 4.78 is 37.3. The Morgan fingerprint density at radius 3 is 2.56 bits per heavy atom. The maximum Gasteiger partial charge on any atom is 0.443 e. The molecule has 1 heterocycles. The van der Waals surface area contributed by atoms with Crippen molar-refractivity contribution in [2.75, 3.05) is 6.54 Å². The molecular formula is C12H19F3N2S. The van der Waals surface area contributed by atoms with Crippen LogP contribution in [0, 0.1) is 0 Å². The van der Waals surface area contributed by atoms with Crippen LogP contribution in [0.4, 0.5) is 13.2 Å². The lowest BCUT2D eigenvalue weighted by Gasteiger charge is -2.17. The van der Waals surface area contributed by atoms with Gasteiger partial charge in [0, 0.05) is 17.1 Å². The molecule has 0 spiro atoms. The van der Waals surface area contributed by atoms with Gasteiger partial charge in [-0.1, -0.05) is 13.8 Å². The number of nitrogens with one attached hydrogen (secondary N) is 1. The fourth-order valence-corrected chi connectivity index (χ4v) is 2.61. The van der Waals surface area contributed by atoms with Crippen molar-refractivity contribution >= 4 is 11.3 Å². The highest BCUT2D eigenvalue weighted by molar-refractivity contribution is 7.11. The normalized spacial score (nSPS) is 15.7. The zero-order valence-electron chi connectivity index (χ0n) is 10.8. The van der Waals surface area contributed by atoms with Crippen molar-refractivity contribution < 1.29 is 13.2 Å². The molecule has 1 aromatic heterocycles. The Hall–Kier alpha value is -0.620. The minimum absolute atomic E-state index is 0.0953. The first-order valence-electron chi connectivity index (χ1n) is 6.10. The quantitative estimate of drug-likeness (QED) is 0.850. The molecule has 2 nitrogen and oxygen atoms in total. The average Bonchev–Trinajstić information content (AvgIpc) is 2.75. The molecule has 2 unspecified atom stereocenters. The summed E-state index contributed by atoms with van der Waals surface area (Å²) in [5, 5.41) is 2.58. The first-order chi connectivity index (χ1) is 8.34. The molecule has 0 aliphatic heterocycles. The van der Waals surface area contributed by atoms with Crippen LogP contribution >= 0.6 is 11.3 Å². The molecule has 6 heteroatoms. The van der Waals surface area contributed by atoms with E-state index in [4.69, 9.17) is 0 Å². The lowest BCUT2D eigenvalue weighted by Crippen LogP contribution is -2.27. The van der Waals surface area contributed by atoms with Crippen molar-refractivity contribution in [2.45, 2.75) is 51.7 Å². The predicted octanol–water partition coefficient (Wildman–Crippen LogP) is 4.04. The van der Waals surface area contributed by atoms with Crippen molar-refractivity contribution in [1.82, 2.24) is 10.3 Å². The second kappa shape index (κ2) is 6.52. The van der Waals surface area contributed by atoms with E-state index in [-0.39, 0.29) is 5.92 Å². The van der Waals surface area contributed by atoms with Gasteiger partial charge in [0.05, 0.1) is 0 Å². The maximum absolute atomic E-state index is 12.4. The third kappa shape index (κ3) is 4.57. The van der Waals surface area contributed by atoms with Crippen molar-refractivity contribution in [1.29, 1.82) is 0 Å². The van der Waals surface area contributed by atoms with E-state index in [1.807, 2.05) is 6.92 Å².